The van der Waals surface area contributed by atoms with Gasteiger partial charge in [0, 0.05) is 49.3 Å². The molecule has 5 heteroatoms. The summed E-state index contributed by atoms with van der Waals surface area (Å²) in [6.45, 7) is 0. The zero-order valence-corrected chi connectivity index (χ0v) is 29.1. The Morgan fingerprint density at radius 1 is 0.333 bits per heavy atom. The molecule has 0 unspecified atom stereocenters. The molecule has 252 valence electrons. The van der Waals surface area contributed by atoms with Gasteiger partial charge >= 0.3 is 0 Å². The molecule has 0 amide bonds. The van der Waals surface area contributed by atoms with Crippen molar-refractivity contribution in [2.45, 2.75) is 0 Å². The van der Waals surface area contributed by atoms with Crippen LogP contribution in [0.1, 0.15) is 0 Å². The fourth-order valence-electron chi connectivity index (χ4n) is 8.15. The van der Waals surface area contributed by atoms with Crippen LogP contribution in [0.25, 0.3) is 99.9 Å². The van der Waals surface area contributed by atoms with Crippen LogP contribution in [0.3, 0.4) is 0 Å². The minimum atomic E-state index is 0.642. The number of hydrogen-bond acceptors (Lipinski definition) is 3. The van der Waals surface area contributed by atoms with Gasteiger partial charge in [0.05, 0.1) is 27.8 Å². The smallest absolute Gasteiger partial charge is 0.164 e. The van der Waals surface area contributed by atoms with Crippen molar-refractivity contribution in [3.63, 3.8) is 0 Å². The number of rotatable bonds is 5. The highest BCUT2D eigenvalue weighted by atomic mass is 15.0. The second kappa shape index (κ2) is 12.1. The number of para-hydroxylation sites is 3. The third kappa shape index (κ3) is 4.69. The number of benzene rings is 8. The Hall–Kier alpha value is -7.37. The second-order valence-corrected chi connectivity index (χ2v) is 13.6. The van der Waals surface area contributed by atoms with E-state index >= 15 is 0 Å². The fraction of sp³-hybridized carbons (Fsp3) is 0. The predicted molar refractivity (Wildman–Crippen MR) is 222 cm³/mol. The summed E-state index contributed by atoms with van der Waals surface area (Å²) in [7, 11) is 0. The number of hydrogen-bond donors (Lipinski definition) is 0. The third-order valence-electron chi connectivity index (χ3n) is 10.5. The summed E-state index contributed by atoms with van der Waals surface area (Å²) in [4.78, 5) is 14.9. The number of fused-ring (bicyclic) bond motifs is 8. The maximum absolute atomic E-state index is 5.01. The van der Waals surface area contributed by atoms with Crippen molar-refractivity contribution in [2.75, 3.05) is 0 Å². The number of aromatic nitrogens is 5. The molecular formula is C49H31N5. The van der Waals surface area contributed by atoms with Gasteiger partial charge in [-0.1, -0.05) is 146 Å². The summed E-state index contributed by atoms with van der Waals surface area (Å²) < 4.78 is 4.87. The quantitative estimate of drug-likeness (QED) is 0.181. The highest BCUT2D eigenvalue weighted by Crippen LogP contribution is 2.43. The standard InChI is InChI=1S/C49H31N5/c1-4-15-32(16-5-1)47-50-48(33-17-6-2-7-18-33)52-49(51-47)35-27-28-37-34(31-35)19-14-26-41(37)54-43-25-13-11-23-40(43)45-44(54)30-29-39-38-22-10-12-24-42(38)53(46(39)45)36-20-8-3-9-21-36/h1-31H. The predicted octanol–water partition coefficient (Wildman–Crippen LogP) is 12.2. The van der Waals surface area contributed by atoms with Crippen LogP contribution in [-0.2, 0) is 0 Å². The Morgan fingerprint density at radius 2 is 0.889 bits per heavy atom. The summed E-state index contributed by atoms with van der Waals surface area (Å²) in [5.74, 6) is 1.94. The van der Waals surface area contributed by atoms with Gasteiger partial charge < -0.3 is 9.13 Å². The van der Waals surface area contributed by atoms with Crippen molar-refractivity contribution in [3.05, 3.63) is 188 Å². The average molecular weight is 690 g/mol. The largest absolute Gasteiger partial charge is 0.309 e. The highest BCUT2D eigenvalue weighted by molar-refractivity contribution is 6.26. The molecule has 0 atom stereocenters. The molecule has 11 aromatic rings. The molecule has 0 bridgehead atoms. The van der Waals surface area contributed by atoms with Crippen LogP contribution in [-0.4, -0.2) is 24.1 Å². The van der Waals surface area contributed by atoms with E-state index in [0.717, 1.165) is 44.4 Å². The van der Waals surface area contributed by atoms with E-state index in [1.54, 1.807) is 0 Å². The molecule has 0 aliphatic carbocycles. The van der Waals surface area contributed by atoms with Gasteiger partial charge in [-0.3, -0.25) is 0 Å². The van der Waals surface area contributed by atoms with E-state index in [4.69, 9.17) is 15.0 Å². The highest BCUT2D eigenvalue weighted by Gasteiger charge is 2.21. The Labute approximate surface area is 311 Å². The van der Waals surface area contributed by atoms with Gasteiger partial charge in [-0.05, 0) is 47.9 Å². The van der Waals surface area contributed by atoms with Crippen LogP contribution < -0.4 is 0 Å². The Bertz CT molecular complexity index is 3140. The lowest BCUT2D eigenvalue weighted by molar-refractivity contribution is 1.07. The van der Waals surface area contributed by atoms with E-state index < -0.39 is 0 Å². The monoisotopic (exact) mass is 689 g/mol. The zero-order valence-electron chi connectivity index (χ0n) is 29.1. The van der Waals surface area contributed by atoms with Gasteiger partial charge in [-0.2, -0.15) is 0 Å². The molecule has 0 saturated carbocycles. The molecule has 5 nitrogen and oxygen atoms in total. The Morgan fingerprint density at radius 3 is 1.57 bits per heavy atom. The summed E-state index contributed by atoms with van der Waals surface area (Å²) in [5.41, 5.74) is 9.86. The first-order valence-corrected chi connectivity index (χ1v) is 18.2. The first kappa shape index (κ1) is 30.3. The molecule has 0 aliphatic rings. The van der Waals surface area contributed by atoms with Crippen LogP contribution in [0.5, 0.6) is 0 Å². The van der Waals surface area contributed by atoms with E-state index in [9.17, 15) is 0 Å². The lowest BCUT2D eigenvalue weighted by Crippen LogP contribution is -2.00. The lowest BCUT2D eigenvalue weighted by Gasteiger charge is -2.13. The van der Waals surface area contributed by atoms with Gasteiger partial charge in [0.2, 0.25) is 0 Å². The molecule has 8 aromatic carbocycles. The first-order valence-electron chi connectivity index (χ1n) is 18.2. The topological polar surface area (TPSA) is 48.5 Å². The van der Waals surface area contributed by atoms with Crippen LogP contribution in [0, 0.1) is 0 Å². The van der Waals surface area contributed by atoms with Crippen LogP contribution in [0.2, 0.25) is 0 Å². The molecule has 0 aliphatic heterocycles. The van der Waals surface area contributed by atoms with Gasteiger partial charge in [-0.15, -0.1) is 0 Å². The molecule has 54 heavy (non-hydrogen) atoms. The van der Waals surface area contributed by atoms with Gasteiger partial charge in [0.1, 0.15) is 0 Å². The van der Waals surface area contributed by atoms with Crippen molar-refractivity contribution in [1.82, 2.24) is 24.1 Å². The molecular weight excluding hydrogens is 659 g/mol. The van der Waals surface area contributed by atoms with E-state index in [-0.39, 0.29) is 0 Å². The normalized spacial score (nSPS) is 11.7. The lowest BCUT2D eigenvalue weighted by atomic mass is 10.0. The molecule has 0 N–H and O–H groups in total. The Balaban J connectivity index is 1.14. The molecule has 3 heterocycles. The van der Waals surface area contributed by atoms with Crippen molar-refractivity contribution in [3.8, 4) is 45.5 Å². The van der Waals surface area contributed by atoms with E-state index in [2.05, 4.69) is 137 Å². The molecule has 0 saturated heterocycles. The maximum Gasteiger partial charge on any atom is 0.164 e. The van der Waals surface area contributed by atoms with Crippen LogP contribution in [0.15, 0.2) is 188 Å². The van der Waals surface area contributed by atoms with Gasteiger partial charge in [0.25, 0.3) is 0 Å². The summed E-state index contributed by atoms with van der Waals surface area (Å²) in [6, 6.07) is 66.2. The summed E-state index contributed by atoms with van der Waals surface area (Å²) in [6.07, 6.45) is 0. The van der Waals surface area contributed by atoms with Gasteiger partial charge in [0.15, 0.2) is 17.5 Å². The molecule has 0 radical (unpaired) electrons. The van der Waals surface area contributed by atoms with E-state index in [1.807, 2.05) is 60.7 Å². The molecule has 3 aromatic heterocycles. The van der Waals surface area contributed by atoms with Crippen molar-refractivity contribution in [2.24, 2.45) is 0 Å². The second-order valence-electron chi connectivity index (χ2n) is 13.6. The zero-order chi connectivity index (χ0) is 35.6. The fourth-order valence-corrected chi connectivity index (χ4v) is 8.15. The van der Waals surface area contributed by atoms with E-state index in [0.29, 0.717) is 17.5 Å². The summed E-state index contributed by atoms with van der Waals surface area (Å²) >= 11 is 0. The number of nitrogens with zero attached hydrogens (tertiary/aromatic N) is 5. The Kier molecular flexibility index (Phi) is 6.79. The molecule has 0 spiro atoms. The minimum Gasteiger partial charge on any atom is -0.309 e. The average Bonchev–Trinajstić information content (AvgIpc) is 3.77. The first-order chi connectivity index (χ1) is 26.8. The van der Waals surface area contributed by atoms with Crippen molar-refractivity contribution < 1.29 is 0 Å². The SMILES string of the molecule is c1ccc(-c2nc(-c3ccccc3)nc(-c3ccc4c(-n5c6ccccc6c6c5ccc5c7ccccc7n(-c7ccccc7)c56)cccc4c3)n2)cc1. The van der Waals surface area contributed by atoms with Crippen molar-refractivity contribution in [1.29, 1.82) is 0 Å². The third-order valence-corrected chi connectivity index (χ3v) is 10.5. The maximum atomic E-state index is 5.01. The van der Waals surface area contributed by atoms with E-state index in [1.165, 1.54) is 38.1 Å². The van der Waals surface area contributed by atoms with Gasteiger partial charge in [-0.25, -0.2) is 15.0 Å². The minimum absolute atomic E-state index is 0.642. The van der Waals surface area contributed by atoms with Crippen LogP contribution in [0.4, 0.5) is 0 Å². The van der Waals surface area contributed by atoms with Crippen molar-refractivity contribution >= 4 is 54.4 Å². The summed E-state index contributed by atoms with van der Waals surface area (Å²) in [5, 5.41) is 7.21. The molecule has 11 rings (SSSR count). The molecule has 0 fully saturated rings. The van der Waals surface area contributed by atoms with Crippen LogP contribution >= 0.6 is 0 Å².